The second-order valence-electron chi connectivity index (χ2n) is 5.46. The van der Waals surface area contributed by atoms with Gasteiger partial charge in [-0.3, -0.25) is 0 Å². The smallest absolute Gasteiger partial charge is 0.0279 e. The van der Waals surface area contributed by atoms with Crippen LogP contribution >= 0.6 is 0 Å². The summed E-state index contributed by atoms with van der Waals surface area (Å²) in [6.45, 7) is 8.64. The van der Waals surface area contributed by atoms with Gasteiger partial charge in [0.15, 0.2) is 0 Å². The van der Waals surface area contributed by atoms with Gasteiger partial charge in [-0.05, 0) is 36.7 Å². The maximum Gasteiger partial charge on any atom is -0.0279 e. The van der Waals surface area contributed by atoms with Gasteiger partial charge in [0.25, 0.3) is 0 Å². The summed E-state index contributed by atoms with van der Waals surface area (Å²) < 4.78 is 0. The first-order valence-corrected chi connectivity index (χ1v) is 6.47. The van der Waals surface area contributed by atoms with Crippen LogP contribution in [-0.2, 0) is 6.42 Å². The lowest BCUT2D eigenvalue weighted by atomic mass is 9.84. The molecule has 89 valence electrons. The standard InChI is InChI=1S/C16H25/c1-4-16(2,3)14-10-6-9-13-15-11-7-5-8-12-15/h5,7-8,11-12H,1,4,6,9-10,13-14H2,2-3H3. The van der Waals surface area contributed by atoms with Crippen molar-refractivity contribution in [1.82, 2.24) is 0 Å². The summed E-state index contributed by atoms with van der Waals surface area (Å²) in [7, 11) is 0. The van der Waals surface area contributed by atoms with E-state index >= 15 is 0 Å². The van der Waals surface area contributed by atoms with Crippen molar-refractivity contribution in [3.63, 3.8) is 0 Å². The van der Waals surface area contributed by atoms with Gasteiger partial charge in [-0.15, -0.1) is 0 Å². The largest absolute Gasteiger partial charge is 0.0622 e. The number of aryl methyl sites for hydroxylation is 1. The van der Waals surface area contributed by atoms with Gasteiger partial charge in [-0.2, -0.15) is 0 Å². The molecule has 0 aliphatic heterocycles. The van der Waals surface area contributed by atoms with E-state index in [1.807, 2.05) is 0 Å². The highest BCUT2D eigenvalue weighted by atomic mass is 14.2. The molecule has 0 saturated heterocycles. The van der Waals surface area contributed by atoms with Crippen LogP contribution < -0.4 is 0 Å². The molecule has 1 aromatic carbocycles. The molecule has 0 heterocycles. The average Bonchev–Trinajstić information content (AvgIpc) is 2.30. The lowest BCUT2D eigenvalue weighted by Crippen LogP contribution is -2.08. The maximum absolute atomic E-state index is 4.00. The molecule has 1 rings (SSSR count). The molecule has 0 spiro atoms. The van der Waals surface area contributed by atoms with E-state index in [1.54, 1.807) is 0 Å². The van der Waals surface area contributed by atoms with E-state index in [9.17, 15) is 0 Å². The molecule has 1 radical (unpaired) electrons. The third-order valence-corrected chi connectivity index (χ3v) is 3.34. The highest BCUT2D eigenvalue weighted by Gasteiger charge is 2.13. The molecule has 0 aliphatic carbocycles. The van der Waals surface area contributed by atoms with Gasteiger partial charge in [-0.25, -0.2) is 0 Å². The summed E-state index contributed by atoms with van der Waals surface area (Å²) in [5, 5.41) is 0. The van der Waals surface area contributed by atoms with E-state index in [2.05, 4.69) is 51.1 Å². The Morgan fingerprint density at radius 3 is 2.31 bits per heavy atom. The van der Waals surface area contributed by atoms with Crippen molar-refractivity contribution in [1.29, 1.82) is 0 Å². The van der Waals surface area contributed by atoms with E-state index in [1.165, 1.54) is 37.7 Å². The molecule has 0 atom stereocenters. The van der Waals surface area contributed by atoms with Crippen LogP contribution in [-0.4, -0.2) is 0 Å². The Kier molecular flexibility index (Phi) is 5.59. The Morgan fingerprint density at radius 1 is 1.00 bits per heavy atom. The predicted molar refractivity (Wildman–Crippen MR) is 72.4 cm³/mol. The summed E-state index contributed by atoms with van der Waals surface area (Å²) in [5.41, 5.74) is 1.91. The first-order chi connectivity index (χ1) is 7.64. The minimum atomic E-state index is 0.437. The van der Waals surface area contributed by atoms with Crippen molar-refractivity contribution in [2.24, 2.45) is 5.41 Å². The lowest BCUT2D eigenvalue weighted by Gasteiger charge is -2.22. The van der Waals surface area contributed by atoms with Crippen molar-refractivity contribution in [3.8, 4) is 0 Å². The highest BCUT2D eigenvalue weighted by Crippen LogP contribution is 2.27. The van der Waals surface area contributed by atoms with Crippen molar-refractivity contribution in [3.05, 3.63) is 42.8 Å². The van der Waals surface area contributed by atoms with Crippen molar-refractivity contribution in [2.45, 2.75) is 52.4 Å². The minimum Gasteiger partial charge on any atom is -0.0622 e. The predicted octanol–water partition coefficient (Wildman–Crippen LogP) is 5.04. The van der Waals surface area contributed by atoms with Crippen molar-refractivity contribution in [2.75, 3.05) is 0 Å². The second-order valence-corrected chi connectivity index (χ2v) is 5.46. The summed E-state index contributed by atoms with van der Waals surface area (Å²) in [5.74, 6) is 0. The van der Waals surface area contributed by atoms with Gasteiger partial charge >= 0.3 is 0 Å². The van der Waals surface area contributed by atoms with Crippen LogP contribution in [0.15, 0.2) is 30.3 Å². The quantitative estimate of drug-likeness (QED) is 0.561. The topological polar surface area (TPSA) is 0 Å². The first-order valence-electron chi connectivity index (χ1n) is 6.47. The Balaban J connectivity index is 2.09. The third kappa shape index (κ3) is 5.34. The van der Waals surface area contributed by atoms with Crippen LogP contribution in [0.4, 0.5) is 0 Å². The Bertz CT molecular complexity index is 271. The molecule has 0 unspecified atom stereocenters. The SMILES string of the molecule is [CH2]CC(C)(C)CCCCCc1ccccc1. The van der Waals surface area contributed by atoms with Crippen molar-refractivity contribution < 1.29 is 0 Å². The number of hydrogen-bond acceptors (Lipinski definition) is 0. The lowest BCUT2D eigenvalue weighted by molar-refractivity contribution is 0.322. The Hall–Kier alpha value is -0.780. The molecule has 0 N–H and O–H groups in total. The van der Waals surface area contributed by atoms with Crippen LogP contribution in [0.25, 0.3) is 0 Å². The molecule has 0 nitrogen and oxygen atoms in total. The number of benzene rings is 1. The molecule has 0 heteroatoms. The van der Waals surface area contributed by atoms with Gasteiger partial charge in [0.1, 0.15) is 0 Å². The Morgan fingerprint density at radius 2 is 1.69 bits per heavy atom. The molecule has 0 aliphatic rings. The van der Waals surface area contributed by atoms with Crippen LogP contribution in [0.3, 0.4) is 0 Å². The molecular formula is C16H25. The molecule has 0 fully saturated rings. The fourth-order valence-corrected chi connectivity index (χ4v) is 1.88. The summed E-state index contributed by atoms with van der Waals surface area (Å²) in [6.07, 6.45) is 7.59. The fourth-order valence-electron chi connectivity index (χ4n) is 1.88. The van der Waals surface area contributed by atoms with Crippen LogP contribution in [0, 0.1) is 12.3 Å². The monoisotopic (exact) mass is 217 g/mol. The number of rotatable bonds is 7. The van der Waals surface area contributed by atoms with E-state index in [0.29, 0.717) is 5.41 Å². The van der Waals surface area contributed by atoms with Crippen LogP contribution in [0.1, 0.15) is 51.5 Å². The molecule has 0 bridgehead atoms. The summed E-state index contributed by atoms with van der Waals surface area (Å²) in [6, 6.07) is 10.8. The average molecular weight is 217 g/mol. The first kappa shape index (κ1) is 13.3. The molecule has 0 aromatic heterocycles. The molecule has 0 saturated carbocycles. The zero-order valence-electron chi connectivity index (χ0n) is 10.8. The summed E-state index contributed by atoms with van der Waals surface area (Å²) in [4.78, 5) is 0. The number of unbranched alkanes of at least 4 members (excludes halogenated alkanes) is 2. The van der Waals surface area contributed by atoms with E-state index in [4.69, 9.17) is 0 Å². The zero-order valence-corrected chi connectivity index (χ0v) is 10.8. The normalized spacial score (nSPS) is 11.7. The molecule has 1 aromatic rings. The highest BCUT2D eigenvalue weighted by molar-refractivity contribution is 5.14. The van der Waals surface area contributed by atoms with Gasteiger partial charge in [0, 0.05) is 0 Å². The second kappa shape index (κ2) is 6.73. The fraction of sp³-hybridized carbons (Fsp3) is 0.562. The Labute approximate surface area is 101 Å². The van der Waals surface area contributed by atoms with Gasteiger partial charge in [0.2, 0.25) is 0 Å². The number of hydrogen-bond donors (Lipinski definition) is 0. The maximum atomic E-state index is 4.00. The van der Waals surface area contributed by atoms with Crippen molar-refractivity contribution >= 4 is 0 Å². The third-order valence-electron chi connectivity index (χ3n) is 3.34. The molecular weight excluding hydrogens is 192 g/mol. The van der Waals surface area contributed by atoms with Gasteiger partial charge in [-0.1, -0.05) is 63.9 Å². The minimum absolute atomic E-state index is 0.437. The van der Waals surface area contributed by atoms with E-state index in [-0.39, 0.29) is 0 Å². The van der Waals surface area contributed by atoms with E-state index in [0.717, 1.165) is 6.42 Å². The van der Waals surface area contributed by atoms with Crippen LogP contribution in [0.2, 0.25) is 0 Å². The molecule has 16 heavy (non-hydrogen) atoms. The van der Waals surface area contributed by atoms with Gasteiger partial charge in [0.05, 0.1) is 0 Å². The van der Waals surface area contributed by atoms with E-state index < -0.39 is 0 Å². The van der Waals surface area contributed by atoms with Crippen LogP contribution in [0.5, 0.6) is 0 Å². The molecule has 0 amide bonds. The van der Waals surface area contributed by atoms with Gasteiger partial charge < -0.3 is 0 Å². The zero-order chi connectivity index (χ0) is 11.9. The summed E-state index contributed by atoms with van der Waals surface area (Å²) >= 11 is 0.